The van der Waals surface area contributed by atoms with Crippen LogP contribution in [-0.2, 0) is 19.4 Å². The number of thiophene rings is 1. The van der Waals surface area contributed by atoms with Crippen molar-refractivity contribution in [2.45, 2.75) is 39.3 Å². The Hall–Kier alpha value is -1.40. The first-order valence-corrected chi connectivity index (χ1v) is 8.43. The van der Waals surface area contributed by atoms with Gasteiger partial charge in [-0.25, -0.2) is 9.78 Å². The molecule has 0 saturated carbocycles. The predicted octanol–water partition coefficient (Wildman–Crippen LogP) is 3.20. The second kappa shape index (κ2) is 7.40. The van der Waals surface area contributed by atoms with Gasteiger partial charge >= 0.3 is 6.03 Å². The SMILES string of the molecule is CCc1nc(CNC(=O)NC(C)Cc2cccs2)cs1. The number of amides is 2. The molecule has 2 N–H and O–H groups in total. The summed E-state index contributed by atoms with van der Waals surface area (Å²) < 4.78 is 0. The van der Waals surface area contributed by atoms with Gasteiger partial charge in [0.25, 0.3) is 0 Å². The maximum absolute atomic E-state index is 11.8. The van der Waals surface area contributed by atoms with Gasteiger partial charge in [-0.15, -0.1) is 22.7 Å². The molecule has 0 aliphatic carbocycles. The molecule has 1 unspecified atom stereocenters. The summed E-state index contributed by atoms with van der Waals surface area (Å²) in [5.74, 6) is 0. The topological polar surface area (TPSA) is 54.0 Å². The summed E-state index contributed by atoms with van der Waals surface area (Å²) in [4.78, 5) is 17.5. The molecule has 20 heavy (non-hydrogen) atoms. The van der Waals surface area contributed by atoms with E-state index < -0.39 is 0 Å². The number of aryl methyl sites for hydroxylation is 1. The minimum Gasteiger partial charge on any atom is -0.335 e. The van der Waals surface area contributed by atoms with Crippen LogP contribution in [0, 0.1) is 0 Å². The molecule has 1 atom stereocenters. The Kier molecular flexibility index (Phi) is 5.55. The van der Waals surface area contributed by atoms with E-state index in [4.69, 9.17) is 0 Å². The normalized spacial score (nSPS) is 12.1. The lowest BCUT2D eigenvalue weighted by atomic mass is 10.2. The van der Waals surface area contributed by atoms with Gasteiger partial charge in [0.15, 0.2) is 0 Å². The minimum atomic E-state index is -0.139. The van der Waals surface area contributed by atoms with Gasteiger partial charge in [-0.2, -0.15) is 0 Å². The Morgan fingerprint density at radius 1 is 1.45 bits per heavy atom. The molecule has 2 amide bonds. The van der Waals surface area contributed by atoms with E-state index in [1.54, 1.807) is 22.7 Å². The van der Waals surface area contributed by atoms with Gasteiger partial charge in [-0.1, -0.05) is 13.0 Å². The van der Waals surface area contributed by atoms with Crippen molar-refractivity contribution in [2.24, 2.45) is 0 Å². The molecule has 0 saturated heterocycles. The van der Waals surface area contributed by atoms with Crippen molar-refractivity contribution in [1.82, 2.24) is 15.6 Å². The number of nitrogens with one attached hydrogen (secondary N) is 2. The van der Waals surface area contributed by atoms with Crippen LogP contribution in [0.3, 0.4) is 0 Å². The van der Waals surface area contributed by atoms with Crippen LogP contribution < -0.4 is 10.6 Å². The van der Waals surface area contributed by atoms with Crippen molar-refractivity contribution >= 4 is 28.7 Å². The van der Waals surface area contributed by atoms with E-state index >= 15 is 0 Å². The standard InChI is InChI=1S/C14H19N3OS2/c1-3-13-17-11(9-20-13)8-15-14(18)16-10(2)7-12-5-4-6-19-12/h4-6,9-10H,3,7-8H2,1-2H3,(H2,15,16,18). The number of thiazole rings is 1. The van der Waals surface area contributed by atoms with Crippen molar-refractivity contribution in [2.75, 3.05) is 0 Å². The van der Waals surface area contributed by atoms with Crippen LogP contribution in [0.1, 0.15) is 29.4 Å². The highest BCUT2D eigenvalue weighted by atomic mass is 32.1. The maximum atomic E-state index is 11.8. The predicted molar refractivity (Wildman–Crippen MR) is 84.3 cm³/mol. The molecular formula is C14H19N3OS2. The number of carbonyl (C=O) groups is 1. The van der Waals surface area contributed by atoms with E-state index in [-0.39, 0.29) is 12.1 Å². The van der Waals surface area contributed by atoms with Gasteiger partial charge < -0.3 is 10.6 Å². The number of carbonyl (C=O) groups excluding carboxylic acids is 1. The molecule has 0 aliphatic rings. The number of urea groups is 1. The summed E-state index contributed by atoms with van der Waals surface area (Å²) in [5, 5.41) is 10.9. The highest BCUT2D eigenvalue weighted by molar-refractivity contribution is 7.10. The first-order chi connectivity index (χ1) is 9.67. The molecule has 108 valence electrons. The van der Waals surface area contributed by atoms with Crippen molar-refractivity contribution in [3.05, 3.63) is 38.5 Å². The van der Waals surface area contributed by atoms with E-state index in [0.29, 0.717) is 6.54 Å². The lowest BCUT2D eigenvalue weighted by Crippen LogP contribution is -2.41. The van der Waals surface area contributed by atoms with Crippen LogP contribution in [0.15, 0.2) is 22.9 Å². The van der Waals surface area contributed by atoms with Crippen LogP contribution in [0.2, 0.25) is 0 Å². The molecule has 0 aromatic carbocycles. The number of rotatable bonds is 6. The summed E-state index contributed by atoms with van der Waals surface area (Å²) in [7, 11) is 0. The van der Waals surface area contributed by atoms with Crippen molar-refractivity contribution in [1.29, 1.82) is 0 Å². The fourth-order valence-corrected chi connectivity index (χ4v) is 3.40. The molecule has 0 aliphatic heterocycles. The summed E-state index contributed by atoms with van der Waals surface area (Å²) in [6.45, 7) is 4.57. The minimum absolute atomic E-state index is 0.121. The van der Waals surface area contributed by atoms with Crippen molar-refractivity contribution in [3.8, 4) is 0 Å². The smallest absolute Gasteiger partial charge is 0.315 e. The molecule has 4 nitrogen and oxygen atoms in total. The zero-order valence-corrected chi connectivity index (χ0v) is 13.3. The molecule has 0 spiro atoms. The largest absolute Gasteiger partial charge is 0.335 e. The Labute approximate surface area is 127 Å². The van der Waals surface area contributed by atoms with Gasteiger partial charge in [-0.05, 0) is 24.8 Å². The van der Waals surface area contributed by atoms with Crippen LogP contribution >= 0.6 is 22.7 Å². The summed E-state index contributed by atoms with van der Waals surface area (Å²) in [6.07, 6.45) is 1.80. The first kappa shape index (κ1) is 15.0. The lowest BCUT2D eigenvalue weighted by molar-refractivity contribution is 0.237. The number of nitrogens with zero attached hydrogens (tertiary/aromatic N) is 1. The number of aromatic nitrogens is 1. The zero-order valence-electron chi connectivity index (χ0n) is 11.7. The molecule has 2 aromatic rings. The quantitative estimate of drug-likeness (QED) is 0.861. The van der Waals surface area contributed by atoms with Crippen LogP contribution in [0.4, 0.5) is 4.79 Å². The zero-order chi connectivity index (χ0) is 14.4. The van der Waals surface area contributed by atoms with Gasteiger partial charge in [0.2, 0.25) is 0 Å². The second-order valence-electron chi connectivity index (χ2n) is 4.60. The lowest BCUT2D eigenvalue weighted by Gasteiger charge is -2.13. The Morgan fingerprint density at radius 3 is 2.95 bits per heavy atom. The maximum Gasteiger partial charge on any atom is 0.315 e. The Morgan fingerprint density at radius 2 is 2.30 bits per heavy atom. The summed E-state index contributed by atoms with van der Waals surface area (Å²) >= 11 is 3.35. The molecule has 6 heteroatoms. The van der Waals surface area contributed by atoms with E-state index in [1.807, 2.05) is 18.4 Å². The van der Waals surface area contributed by atoms with E-state index in [9.17, 15) is 4.79 Å². The summed E-state index contributed by atoms with van der Waals surface area (Å²) in [6, 6.07) is 4.10. The fraction of sp³-hybridized carbons (Fsp3) is 0.429. The van der Waals surface area contributed by atoms with Crippen LogP contribution in [0.5, 0.6) is 0 Å². The van der Waals surface area contributed by atoms with Crippen LogP contribution in [0.25, 0.3) is 0 Å². The second-order valence-corrected chi connectivity index (χ2v) is 6.57. The van der Waals surface area contributed by atoms with Gasteiger partial charge in [0.05, 0.1) is 17.2 Å². The number of hydrogen-bond acceptors (Lipinski definition) is 4. The van der Waals surface area contributed by atoms with Gasteiger partial charge in [-0.3, -0.25) is 0 Å². The Bertz CT molecular complexity index is 536. The third-order valence-corrected chi connectivity index (χ3v) is 4.74. The highest BCUT2D eigenvalue weighted by Crippen LogP contribution is 2.11. The highest BCUT2D eigenvalue weighted by Gasteiger charge is 2.09. The van der Waals surface area contributed by atoms with Crippen molar-refractivity contribution < 1.29 is 4.79 Å². The average molecular weight is 309 g/mol. The molecule has 0 bridgehead atoms. The first-order valence-electron chi connectivity index (χ1n) is 6.67. The molecule has 0 radical (unpaired) electrons. The average Bonchev–Trinajstić information content (AvgIpc) is 3.07. The molecular weight excluding hydrogens is 290 g/mol. The van der Waals surface area contributed by atoms with Crippen LogP contribution in [-0.4, -0.2) is 17.1 Å². The third-order valence-electron chi connectivity index (χ3n) is 2.80. The monoisotopic (exact) mass is 309 g/mol. The molecule has 2 aromatic heterocycles. The van der Waals surface area contributed by atoms with Gasteiger partial charge in [0.1, 0.15) is 0 Å². The Balaban J connectivity index is 1.72. The fourth-order valence-electron chi connectivity index (χ4n) is 1.82. The van der Waals surface area contributed by atoms with E-state index in [2.05, 4.69) is 34.0 Å². The van der Waals surface area contributed by atoms with Crippen molar-refractivity contribution in [3.63, 3.8) is 0 Å². The molecule has 2 heterocycles. The van der Waals surface area contributed by atoms with E-state index in [1.165, 1.54) is 4.88 Å². The third kappa shape index (κ3) is 4.61. The summed E-state index contributed by atoms with van der Waals surface area (Å²) in [5.41, 5.74) is 0.924. The van der Waals surface area contributed by atoms with Gasteiger partial charge in [0, 0.05) is 22.7 Å². The number of hydrogen-bond donors (Lipinski definition) is 2. The molecule has 2 rings (SSSR count). The molecule has 0 fully saturated rings. The van der Waals surface area contributed by atoms with E-state index in [0.717, 1.165) is 23.5 Å².